The number of hydrogen-bond acceptors (Lipinski definition) is 3. The minimum atomic E-state index is -4.89. The van der Waals surface area contributed by atoms with Gasteiger partial charge in [-0.15, -0.1) is 13.2 Å². The molecule has 7 nitrogen and oxygen atoms in total. The molecule has 32 heavy (non-hydrogen) atoms. The first-order valence-corrected chi connectivity index (χ1v) is 10.8. The Labute approximate surface area is 183 Å². The van der Waals surface area contributed by atoms with E-state index in [0.29, 0.717) is 25.6 Å². The molecule has 11 heteroatoms. The predicted octanol–water partition coefficient (Wildman–Crippen LogP) is 3.56. The average molecular weight is 458 g/mol. The molecule has 0 aromatic heterocycles. The van der Waals surface area contributed by atoms with E-state index >= 15 is 0 Å². The molecule has 0 bridgehead atoms. The maximum atomic E-state index is 14.3. The number of piperidine rings is 1. The Bertz CT molecular complexity index is 877. The maximum absolute atomic E-state index is 14.3. The topological polar surface area (TPSA) is 73.9 Å². The van der Waals surface area contributed by atoms with Crippen LogP contribution in [0, 0.1) is 5.82 Å². The van der Waals surface area contributed by atoms with Gasteiger partial charge >= 0.3 is 18.4 Å². The van der Waals surface area contributed by atoms with Gasteiger partial charge in [0.15, 0.2) is 0 Å². The lowest BCUT2D eigenvalue weighted by Crippen LogP contribution is -2.56. The first-order chi connectivity index (χ1) is 15.2. The van der Waals surface area contributed by atoms with Gasteiger partial charge in [0.2, 0.25) is 0 Å². The van der Waals surface area contributed by atoms with Crippen molar-refractivity contribution in [2.45, 2.75) is 62.5 Å². The molecule has 2 saturated carbocycles. The van der Waals surface area contributed by atoms with Crippen LogP contribution in [0.4, 0.5) is 27.2 Å². The summed E-state index contributed by atoms with van der Waals surface area (Å²) >= 11 is 0. The monoisotopic (exact) mass is 458 g/mol. The lowest BCUT2D eigenvalue weighted by atomic mass is 10.0. The highest BCUT2D eigenvalue weighted by Crippen LogP contribution is 2.43. The maximum Gasteiger partial charge on any atom is 0.573 e. The van der Waals surface area contributed by atoms with Crippen LogP contribution in [0.5, 0.6) is 5.75 Å². The van der Waals surface area contributed by atoms with Crippen LogP contribution in [-0.2, 0) is 0 Å². The normalized spacial score (nSPS) is 25.2. The van der Waals surface area contributed by atoms with Gasteiger partial charge in [0.25, 0.3) is 0 Å². The van der Waals surface area contributed by atoms with E-state index in [1.807, 2.05) is 4.90 Å². The zero-order valence-corrected chi connectivity index (χ0v) is 17.6. The molecular weight excluding hydrogens is 432 g/mol. The lowest BCUT2D eigenvalue weighted by Gasteiger charge is -2.39. The smallest absolute Gasteiger partial charge is 0.406 e. The van der Waals surface area contributed by atoms with Crippen molar-refractivity contribution in [2.75, 3.05) is 20.1 Å². The number of rotatable bonds is 5. The Hall–Kier alpha value is -2.72. The number of urea groups is 2. The number of alkyl halides is 3. The molecule has 1 aromatic carbocycles. The molecule has 0 unspecified atom stereocenters. The first-order valence-electron chi connectivity index (χ1n) is 10.8. The fourth-order valence-electron chi connectivity index (χ4n) is 4.43. The molecule has 0 spiro atoms. The molecule has 3 atom stereocenters. The molecular formula is C21H26F4N4O3. The van der Waals surface area contributed by atoms with Crippen molar-refractivity contribution >= 4 is 12.1 Å². The molecule has 2 N–H and O–H groups in total. The zero-order valence-electron chi connectivity index (χ0n) is 17.6. The second-order valence-electron chi connectivity index (χ2n) is 8.56. The minimum absolute atomic E-state index is 0.0458. The predicted molar refractivity (Wildman–Crippen MR) is 107 cm³/mol. The summed E-state index contributed by atoms with van der Waals surface area (Å²) in [7, 11) is 1.60. The number of nitrogens with zero attached hydrogens (tertiary/aromatic N) is 2. The van der Waals surface area contributed by atoms with E-state index in [1.54, 1.807) is 11.9 Å². The van der Waals surface area contributed by atoms with Crippen LogP contribution < -0.4 is 15.4 Å². The summed E-state index contributed by atoms with van der Waals surface area (Å²) in [5, 5.41) is 5.57. The van der Waals surface area contributed by atoms with Crippen molar-refractivity contribution in [1.29, 1.82) is 0 Å². The summed E-state index contributed by atoms with van der Waals surface area (Å²) in [5.41, 5.74) is 0.251. The van der Waals surface area contributed by atoms with E-state index in [4.69, 9.17) is 0 Å². The zero-order chi connectivity index (χ0) is 23.0. The van der Waals surface area contributed by atoms with Gasteiger partial charge in [-0.2, -0.15) is 0 Å². The largest absolute Gasteiger partial charge is 0.573 e. The van der Waals surface area contributed by atoms with Crippen LogP contribution in [0.15, 0.2) is 18.2 Å². The van der Waals surface area contributed by atoms with E-state index in [2.05, 4.69) is 15.4 Å². The number of benzene rings is 1. The molecule has 4 rings (SSSR count). The number of halogens is 4. The summed E-state index contributed by atoms with van der Waals surface area (Å²) in [6.45, 7) is 1.01. The molecule has 1 heterocycles. The van der Waals surface area contributed by atoms with Gasteiger partial charge in [-0.25, -0.2) is 14.0 Å². The average Bonchev–Trinajstić information content (AvgIpc) is 3.64. The van der Waals surface area contributed by atoms with Crippen LogP contribution in [0.3, 0.4) is 0 Å². The number of carbonyl (C=O) groups is 2. The van der Waals surface area contributed by atoms with Crippen LogP contribution in [0.25, 0.3) is 0 Å². The summed E-state index contributed by atoms with van der Waals surface area (Å²) in [6, 6.07) is 2.54. The molecule has 176 valence electrons. The van der Waals surface area contributed by atoms with Gasteiger partial charge in [-0.05, 0) is 43.7 Å². The van der Waals surface area contributed by atoms with Crippen molar-refractivity contribution in [3.05, 3.63) is 29.6 Å². The van der Waals surface area contributed by atoms with E-state index in [0.717, 1.165) is 31.7 Å². The van der Waals surface area contributed by atoms with E-state index in [-0.39, 0.29) is 41.7 Å². The third-order valence-electron chi connectivity index (χ3n) is 6.17. The fraction of sp³-hybridized carbons (Fsp3) is 0.619. The SMILES string of the molecule is CNC(=O)N(C1CC1)[C@@H]1CCCN(C(=O)N[C@@H]2C[C@H]2c2ccc(OC(F)(F)F)cc2F)C1. The highest BCUT2D eigenvalue weighted by molar-refractivity contribution is 5.77. The van der Waals surface area contributed by atoms with Crippen molar-refractivity contribution in [1.82, 2.24) is 20.4 Å². The summed E-state index contributed by atoms with van der Waals surface area (Å²) in [6.07, 6.45) is -0.829. The quantitative estimate of drug-likeness (QED) is 0.663. The van der Waals surface area contributed by atoms with Crippen LogP contribution in [0.2, 0.25) is 0 Å². The minimum Gasteiger partial charge on any atom is -0.406 e. The van der Waals surface area contributed by atoms with E-state index < -0.39 is 17.9 Å². The van der Waals surface area contributed by atoms with Gasteiger partial charge in [-0.3, -0.25) is 0 Å². The second kappa shape index (κ2) is 8.67. The standard InChI is InChI=1S/C21H26F4N4O3/c1-26-19(30)29(12-4-5-12)13-3-2-8-28(11-13)20(31)27-18-10-16(18)15-7-6-14(9-17(15)22)32-21(23,24)25/h6-7,9,12-13,16,18H,2-5,8,10-11H2,1H3,(H,26,30)(H,27,31)/t13-,16+,18-/m1/s1. The van der Waals surface area contributed by atoms with Crippen LogP contribution in [0.1, 0.15) is 43.6 Å². The number of carbonyl (C=O) groups excluding carboxylic acids is 2. The third kappa shape index (κ3) is 5.18. The Morgan fingerprint density at radius 3 is 2.56 bits per heavy atom. The highest BCUT2D eigenvalue weighted by Gasteiger charge is 2.44. The lowest BCUT2D eigenvalue weighted by molar-refractivity contribution is -0.274. The fourth-order valence-corrected chi connectivity index (χ4v) is 4.43. The number of nitrogens with one attached hydrogen (secondary N) is 2. The molecule has 1 aromatic rings. The van der Waals surface area contributed by atoms with Gasteiger partial charge in [0.1, 0.15) is 11.6 Å². The highest BCUT2D eigenvalue weighted by atomic mass is 19.4. The summed E-state index contributed by atoms with van der Waals surface area (Å²) < 4.78 is 54.9. The number of amides is 4. The summed E-state index contributed by atoms with van der Waals surface area (Å²) in [4.78, 5) is 28.6. The first kappa shape index (κ1) is 22.5. The molecule has 2 aliphatic carbocycles. The van der Waals surface area contributed by atoms with Gasteiger partial charge in [-0.1, -0.05) is 6.07 Å². The van der Waals surface area contributed by atoms with E-state index in [1.165, 1.54) is 6.07 Å². The van der Waals surface area contributed by atoms with Crippen LogP contribution in [-0.4, -0.2) is 66.5 Å². The Balaban J connectivity index is 1.33. The molecule has 0 radical (unpaired) electrons. The van der Waals surface area contributed by atoms with E-state index in [9.17, 15) is 27.2 Å². The molecule has 4 amide bonds. The van der Waals surface area contributed by atoms with Crippen molar-refractivity contribution in [3.63, 3.8) is 0 Å². The van der Waals surface area contributed by atoms with Gasteiger partial charge < -0.3 is 25.2 Å². The van der Waals surface area contributed by atoms with Gasteiger partial charge in [0, 0.05) is 44.2 Å². The molecule has 1 saturated heterocycles. The van der Waals surface area contributed by atoms with Crippen molar-refractivity contribution in [3.8, 4) is 5.75 Å². The molecule has 3 aliphatic rings. The summed E-state index contributed by atoms with van der Waals surface area (Å²) in [5.74, 6) is -1.71. The van der Waals surface area contributed by atoms with Crippen molar-refractivity contribution in [2.24, 2.45) is 0 Å². The third-order valence-corrected chi connectivity index (χ3v) is 6.17. The number of likely N-dealkylation sites (tertiary alicyclic amines) is 1. The molecule has 3 fully saturated rings. The van der Waals surface area contributed by atoms with Gasteiger partial charge in [0.05, 0.1) is 6.04 Å². The van der Waals surface area contributed by atoms with Crippen LogP contribution >= 0.6 is 0 Å². The number of hydrogen-bond donors (Lipinski definition) is 2. The Morgan fingerprint density at radius 1 is 1.19 bits per heavy atom. The number of ether oxygens (including phenoxy) is 1. The second-order valence-corrected chi connectivity index (χ2v) is 8.56. The Morgan fingerprint density at radius 2 is 1.94 bits per heavy atom. The Kier molecular flexibility index (Phi) is 6.09. The molecule has 1 aliphatic heterocycles. The van der Waals surface area contributed by atoms with Crippen molar-refractivity contribution < 1.29 is 31.9 Å².